The van der Waals surface area contributed by atoms with Gasteiger partial charge in [-0.25, -0.2) is 4.68 Å². The SMILES string of the molecule is Cc1ncccc1N(C)C(=O)c1nn(-c2ccccc2)c2c1CCC2. The van der Waals surface area contributed by atoms with E-state index in [1.807, 2.05) is 54.1 Å². The van der Waals surface area contributed by atoms with Gasteiger partial charge in [0.15, 0.2) is 5.69 Å². The highest BCUT2D eigenvalue weighted by Crippen LogP contribution is 2.29. The van der Waals surface area contributed by atoms with Crippen molar-refractivity contribution in [2.75, 3.05) is 11.9 Å². The molecule has 0 fully saturated rings. The Kier molecular flexibility index (Phi) is 3.84. The Morgan fingerprint density at radius 1 is 1.12 bits per heavy atom. The molecule has 1 amide bonds. The summed E-state index contributed by atoms with van der Waals surface area (Å²) in [5.74, 6) is -0.0797. The Balaban J connectivity index is 1.76. The number of fused-ring (bicyclic) bond motifs is 1. The van der Waals surface area contributed by atoms with E-state index in [-0.39, 0.29) is 5.91 Å². The maximum Gasteiger partial charge on any atom is 0.278 e. The minimum atomic E-state index is -0.0797. The van der Waals surface area contributed by atoms with Crippen LogP contribution < -0.4 is 4.90 Å². The molecular formula is C20H20N4O. The molecule has 0 atom stereocenters. The van der Waals surface area contributed by atoms with Gasteiger partial charge in [-0.05, 0) is 50.5 Å². The first-order chi connectivity index (χ1) is 12.2. The van der Waals surface area contributed by atoms with Crippen molar-refractivity contribution in [2.45, 2.75) is 26.2 Å². The van der Waals surface area contributed by atoms with Gasteiger partial charge in [-0.1, -0.05) is 18.2 Å². The van der Waals surface area contributed by atoms with Crippen LogP contribution in [0, 0.1) is 6.92 Å². The van der Waals surface area contributed by atoms with Crippen LogP contribution >= 0.6 is 0 Å². The summed E-state index contributed by atoms with van der Waals surface area (Å²) in [5, 5.41) is 4.68. The van der Waals surface area contributed by atoms with Crippen molar-refractivity contribution < 1.29 is 4.79 Å². The highest BCUT2D eigenvalue weighted by atomic mass is 16.2. The summed E-state index contributed by atoms with van der Waals surface area (Å²) in [7, 11) is 1.79. The van der Waals surface area contributed by atoms with Crippen LogP contribution in [0.5, 0.6) is 0 Å². The normalized spacial score (nSPS) is 12.9. The molecule has 0 bridgehead atoms. The van der Waals surface area contributed by atoms with Crippen molar-refractivity contribution in [3.63, 3.8) is 0 Å². The number of rotatable bonds is 3. The van der Waals surface area contributed by atoms with Gasteiger partial charge in [0.1, 0.15) is 0 Å². The van der Waals surface area contributed by atoms with Crippen molar-refractivity contribution in [3.05, 3.63) is 71.3 Å². The fraction of sp³-hybridized carbons (Fsp3) is 0.250. The molecule has 5 heteroatoms. The van der Waals surface area contributed by atoms with Crippen LogP contribution in [-0.4, -0.2) is 27.7 Å². The van der Waals surface area contributed by atoms with E-state index in [1.165, 1.54) is 0 Å². The minimum absolute atomic E-state index is 0.0797. The standard InChI is InChI=1S/C20H20N4O/c1-14-17(12-7-13-21-14)23(2)20(25)19-16-10-6-11-18(16)24(22-19)15-8-4-3-5-9-15/h3-5,7-9,12-13H,6,10-11H2,1-2H3. The number of anilines is 1. The van der Waals surface area contributed by atoms with Crippen molar-refractivity contribution in [2.24, 2.45) is 0 Å². The molecule has 0 aliphatic heterocycles. The molecule has 1 aliphatic rings. The number of carbonyl (C=O) groups is 1. The molecular weight excluding hydrogens is 312 g/mol. The van der Waals surface area contributed by atoms with Crippen LogP contribution in [0.1, 0.15) is 33.9 Å². The molecule has 0 spiro atoms. The molecule has 0 saturated carbocycles. The molecule has 3 aromatic rings. The zero-order chi connectivity index (χ0) is 17.4. The quantitative estimate of drug-likeness (QED) is 0.739. The summed E-state index contributed by atoms with van der Waals surface area (Å²) in [6.07, 6.45) is 4.66. The molecule has 0 radical (unpaired) electrons. The molecule has 126 valence electrons. The summed E-state index contributed by atoms with van der Waals surface area (Å²) < 4.78 is 1.93. The number of pyridine rings is 1. The van der Waals surface area contributed by atoms with Crippen LogP contribution in [0.25, 0.3) is 5.69 Å². The number of hydrogen-bond donors (Lipinski definition) is 0. The summed E-state index contributed by atoms with van der Waals surface area (Å²) in [5.41, 5.74) is 5.45. The zero-order valence-electron chi connectivity index (χ0n) is 14.4. The van der Waals surface area contributed by atoms with Crippen molar-refractivity contribution in [1.29, 1.82) is 0 Å². The van der Waals surface area contributed by atoms with Gasteiger partial charge in [0.25, 0.3) is 5.91 Å². The molecule has 4 rings (SSSR count). The van der Waals surface area contributed by atoms with Gasteiger partial charge in [0.2, 0.25) is 0 Å². The van der Waals surface area contributed by atoms with Gasteiger partial charge in [0, 0.05) is 24.5 Å². The lowest BCUT2D eigenvalue weighted by atomic mass is 10.1. The number of carbonyl (C=O) groups excluding carboxylic acids is 1. The second-order valence-electron chi connectivity index (χ2n) is 6.35. The van der Waals surface area contributed by atoms with Gasteiger partial charge < -0.3 is 4.90 Å². The highest BCUT2D eigenvalue weighted by molar-refractivity contribution is 6.06. The summed E-state index contributed by atoms with van der Waals surface area (Å²) >= 11 is 0. The second kappa shape index (κ2) is 6.16. The van der Waals surface area contributed by atoms with Crippen LogP contribution in [0.3, 0.4) is 0 Å². The smallest absolute Gasteiger partial charge is 0.278 e. The molecule has 2 heterocycles. The van der Waals surface area contributed by atoms with Crippen LogP contribution in [0.15, 0.2) is 48.7 Å². The fourth-order valence-electron chi connectivity index (χ4n) is 3.49. The summed E-state index contributed by atoms with van der Waals surface area (Å²) in [6, 6.07) is 13.8. The summed E-state index contributed by atoms with van der Waals surface area (Å²) in [4.78, 5) is 19.1. The van der Waals surface area contributed by atoms with E-state index >= 15 is 0 Å². The van der Waals surface area contributed by atoms with Gasteiger partial charge in [-0.3, -0.25) is 9.78 Å². The molecule has 0 unspecified atom stereocenters. The van der Waals surface area contributed by atoms with E-state index in [9.17, 15) is 4.79 Å². The van der Waals surface area contributed by atoms with E-state index in [4.69, 9.17) is 0 Å². The van der Waals surface area contributed by atoms with E-state index in [2.05, 4.69) is 10.1 Å². The molecule has 1 aromatic carbocycles. The monoisotopic (exact) mass is 332 g/mol. The third-order valence-corrected chi connectivity index (χ3v) is 4.78. The topological polar surface area (TPSA) is 51.0 Å². The van der Waals surface area contributed by atoms with Crippen molar-refractivity contribution in [3.8, 4) is 5.69 Å². The Morgan fingerprint density at radius 3 is 2.68 bits per heavy atom. The number of para-hydroxylation sites is 1. The third kappa shape index (κ3) is 2.61. The molecule has 25 heavy (non-hydrogen) atoms. The predicted octanol–water partition coefficient (Wildman–Crippen LogP) is 3.34. The third-order valence-electron chi connectivity index (χ3n) is 4.78. The fourth-order valence-corrected chi connectivity index (χ4v) is 3.49. The first kappa shape index (κ1) is 15.6. The highest BCUT2D eigenvalue weighted by Gasteiger charge is 2.29. The Morgan fingerprint density at radius 2 is 1.92 bits per heavy atom. The summed E-state index contributed by atoms with van der Waals surface area (Å²) in [6.45, 7) is 1.91. The van der Waals surface area contributed by atoms with Crippen molar-refractivity contribution >= 4 is 11.6 Å². The van der Waals surface area contributed by atoms with E-state index in [0.29, 0.717) is 5.69 Å². The Hall–Kier alpha value is -2.95. The first-order valence-electron chi connectivity index (χ1n) is 8.52. The van der Waals surface area contributed by atoms with Crippen molar-refractivity contribution in [1.82, 2.24) is 14.8 Å². The van der Waals surface area contributed by atoms with E-state index in [1.54, 1.807) is 18.1 Å². The van der Waals surface area contributed by atoms with Gasteiger partial charge >= 0.3 is 0 Å². The molecule has 0 saturated heterocycles. The lowest BCUT2D eigenvalue weighted by molar-refractivity contribution is 0.0986. The molecule has 1 aliphatic carbocycles. The maximum atomic E-state index is 13.1. The number of nitrogens with zero attached hydrogens (tertiary/aromatic N) is 4. The molecule has 0 N–H and O–H groups in total. The Labute approximate surface area is 146 Å². The number of aryl methyl sites for hydroxylation is 1. The first-order valence-corrected chi connectivity index (χ1v) is 8.52. The maximum absolute atomic E-state index is 13.1. The van der Waals surface area contributed by atoms with Crippen LogP contribution in [-0.2, 0) is 12.8 Å². The average Bonchev–Trinajstić information content (AvgIpc) is 3.24. The van der Waals surface area contributed by atoms with Crippen LogP contribution in [0.4, 0.5) is 5.69 Å². The largest absolute Gasteiger partial charge is 0.308 e. The minimum Gasteiger partial charge on any atom is -0.308 e. The average molecular weight is 332 g/mol. The number of hydrogen-bond acceptors (Lipinski definition) is 3. The van der Waals surface area contributed by atoms with E-state index < -0.39 is 0 Å². The zero-order valence-corrected chi connectivity index (χ0v) is 14.4. The number of benzene rings is 1. The second-order valence-corrected chi connectivity index (χ2v) is 6.35. The van der Waals surface area contributed by atoms with Gasteiger partial charge in [-0.2, -0.15) is 5.10 Å². The predicted molar refractivity (Wildman–Crippen MR) is 97.3 cm³/mol. The lowest BCUT2D eigenvalue weighted by Crippen LogP contribution is -2.28. The molecule has 5 nitrogen and oxygen atoms in total. The number of amides is 1. The lowest BCUT2D eigenvalue weighted by Gasteiger charge is -2.18. The Bertz CT molecular complexity index is 930. The number of aromatic nitrogens is 3. The molecule has 2 aromatic heterocycles. The van der Waals surface area contributed by atoms with Gasteiger partial charge in [0.05, 0.1) is 17.1 Å². The van der Waals surface area contributed by atoms with E-state index in [0.717, 1.165) is 47.6 Å². The van der Waals surface area contributed by atoms with Gasteiger partial charge in [-0.15, -0.1) is 0 Å². The van der Waals surface area contributed by atoms with Crippen LogP contribution in [0.2, 0.25) is 0 Å².